The molecule has 0 radical (unpaired) electrons. The Bertz CT molecular complexity index is 1180. The summed E-state index contributed by atoms with van der Waals surface area (Å²) in [6.07, 6.45) is -1.13. The minimum absolute atomic E-state index is 0.169. The zero-order chi connectivity index (χ0) is 21.8. The Morgan fingerprint density at radius 3 is 2.61 bits per heavy atom. The van der Waals surface area contributed by atoms with Gasteiger partial charge in [-0.2, -0.15) is 5.10 Å². The molecule has 0 aliphatic carbocycles. The number of aryl methyl sites for hydroxylation is 1. The quantitative estimate of drug-likeness (QED) is 0.372. The molecular formula is C22H22FN5O3. The number of aromatic amines is 1. The van der Waals surface area contributed by atoms with Crippen LogP contribution in [-0.4, -0.2) is 45.6 Å². The number of hydrogen-bond donors (Lipinski definition) is 3. The average molecular weight is 423 g/mol. The van der Waals surface area contributed by atoms with Gasteiger partial charge in [0.25, 0.3) is 0 Å². The number of anilines is 2. The van der Waals surface area contributed by atoms with Crippen molar-refractivity contribution >= 4 is 22.5 Å². The number of aliphatic hydroxyl groups excluding tert-OH is 1. The summed E-state index contributed by atoms with van der Waals surface area (Å²) in [5.41, 5.74) is 1.95. The highest BCUT2D eigenvalue weighted by Crippen LogP contribution is 2.30. The maximum absolute atomic E-state index is 13.3. The van der Waals surface area contributed by atoms with E-state index in [1.165, 1.54) is 24.3 Å². The zero-order valence-electron chi connectivity index (χ0n) is 17.1. The average Bonchev–Trinajstić information content (AvgIpc) is 3.18. The Morgan fingerprint density at radius 2 is 1.90 bits per heavy atom. The third-order valence-corrected chi connectivity index (χ3v) is 4.62. The number of fused-ring (bicyclic) bond motifs is 1. The van der Waals surface area contributed by atoms with Crippen molar-refractivity contribution in [2.45, 2.75) is 13.0 Å². The van der Waals surface area contributed by atoms with Crippen molar-refractivity contribution in [3.63, 3.8) is 0 Å². The van der Waals surface area contributed by atoms with Crippen molar-refractivity contribution < 1.29 is 19.0 Å². The van der Waals surface area contributed by atoms with Crippen molar-refractivity contribution in [2.75, 3.05) is 25.6 Å². The number of halogens is 1. The van der Waals surface area contributed by atoms with Crippen LogP contribution in [0, 0.1) is 12.7 Å². The Morgan fingerprint density at radius 1 is 1.10 bits per heavy atom. The maximum atomic E-state index is 13.3. The lowest BCUT2D eigenvalue weighted by molar-refractivity contribution is 0.146. The molecule has 0 aliphatic heterocycles. The number of nitrogens with zero attached hydrogens (tertiary/aromatic N) is 3. The van der Waals surface area contributed by atoms with Gasteiger partial charge in [0, 0.05) is 30.3 Å². The third kappa shape index (κ3) is 4.79. The van der Waals surface area contributed by atoms with Crippen molar-refractivity contribution in [3.8, 4) is 5.75 Å². The summed E-state index contributed by atoms with van der Waals surface area (Å²) in [6, 6.07) is 12.8. The van der Waals surface area contributed by atoms with Gasteiger partial charge < -0.3 is 19.9 Å². The van der Waals surface area contributed by atoms with Crippen LogP contribution in [-0.2, 0) is 4.74 Å². The van der Waals surface area contributed by atoms with E-state index >= 15 is 0 Å². The van der Waals surface area contributed by atoms with Crippen molar-refractivity contribution in [1.82, 2.24) is 20.2 Å². The van der Waals surface area contributed by atoms with Crippen molar-refractivity contribution in [3.05, 3.63) is 71.4 Å². The van der Waals surface area contributed by atoms with E-state index in [0.717, 1.165) is 11.1 Å². The van der Waals surface area contributed by atoms with E-state index < -0.39 is 6.10 Å². The van der Waals surface area contributed by atoms with Crippen molar-refractivity contribution in [1.29, 1.82) is 0 Å². The second-order valence-corrected chi connectivity index (χ2v) is 6.97. The van der Waals surface area contributed by atoms with Crippen LogP contribution in [0.2, 0.25) is 0 Å². The Balaban J connectivity index is 1.75. The molecule has 0 saturated carbocycles. The van der Waals surface area contributed by atoms with Gasteiger partial charge >= 0.3 is 0 Å². The fraction of sp³-hybridized carbons (Fsp3) is 0.227. The van der Waals surface area contributed by atoms with E-state index in [-0.39, 0.29) is 11.6 Å². The molecule has 0 spiro atoms. The molecule has 31 heavy (non-hydrogen) atoms. The smallest absolute Gasteiger partial charge is 0.164 e. The first-order chi connectivity index (χ1) is 15.0. The number of nitrogens with one attached hydrogen (secondary N) is 2. The van der Waals surface area contributed by atoms with Crippen LogP contribution in [0.4, 0.5) is 16.0 Å². The molecule has 2 aromatic carbocycles. The summed E-state index contributed by atoms with van der Waals surface area (Å²) in [5, 5.41) is 21.8. The maximum Gasteiger partial charge on any atom is 0.164 e. The first kappa shape index (κ1) is 20.7. The molecule has 2 aromatic heterocycles. The summed E-state index contributed by atoms with van der Waals surface area (Å²) in [5.74, 6) is 1.47. The second-order valence-electron chi connectivity index (χ2n) is 6.97. The number of rotatable bonds is 8. The molecule has 1 atom stereocenters. The fourth-order valence-corrected chi connectivity index (χ4v) is 3.08. The van der Waals surface area contributed by atoms with Gasteiger partial charge in [0.2, 0.25) is 0 Å². The van der Waals surface area contributed by atoms with Gasteiger partial charge in [0.15, 0.2) is 11.6 Å². The normalized spacial score (nSPS) is 12.1. The summed E-state index contributed by atoms with van der Waals surface area (Å²) < 4.78 is 24.0. The van der Waals surface area contributed by atoms with Crippen LogP contribution < -0.4 is 10.1 Å². The van der Waals surface area contributed by atoms with Crippen LogP contribution >= 0.6 is 0 Å². The third-order valence-electron chi connectivity index (χ3n) is 4.62. The SMILES string of the molecule is COCCOc1ccc2c(Nc3cc(C)[nH]n3)nc([C@@H](O)c3ccc(F)cc3)nc2c1. The summed E-state index contributed by atoms with van der Waals surface area (Å²) in [7, 11) is 1.61. The van der Waals surface area contributed by atoms with Gasteiger partial charge in [-0.25, -0.2) is 14.4 Å². The largest absolute Gasteiger partial charge is 0.491 e. The molecule has 160 valence electrons. The number of ether oxygens (including phenoxy) is 2. The van der Waals surface area contributed by atoms with Crippen molar-refractivity contribution in [2.24, 2.45) is 0 Å². The topological polar surface area (TPSA) is 105 Å². The zero-order valence-corrected chi connectivity index (χ0v) is 17.1. The van der Waals surface area contributed by atoms with E-state index in [9.17, 15) is 9.50 Å². The van der Waals surface area contributed by atoms with Gasteiger partial charge in [-0.3, -0.25) is 5.10 Å². The lowest BCUT2D eigenvalue weighted by atomic mass is 10.1. The Hall–Kier alpha value is -3.56. The van der Waals surface area contributed by atoms with Gasteiger partial charge in [0.05, 0.1) is 12.1 Å². The summed E-state index contributed by atoms with van der Waals surface area (Å²) >= 11 is 0. The Labute approximate surface area is 178 Å². The molecule has 2 heterocycles. The molecule has 9 heteroatoms. The molecule has 3 N–H and O–H groups in total. The standard InChI is InChI=1S/C22H22FN5O3/c1-13-11-19(28-27-13)25-21-17-8-7-16(31-10-9-30-2)12-18(17)24-22(26-21)20(29)14-3-5-15(23)6-4-14/h3-8,11-12,20,29H,9-10H2,1-2H3,(H2,24,25,26,27,28)/t20-/m0/s1. The predicted molar refractivity (Wildman–Crippen MR) is 114 cm³/mol. The van der Waals surface area contributed by atoms with E-state index in [2.05, 4.69) is 25.5 Å². The number of aromatic nitrogens is 4. The minimum atomic E-state index is -1.13. The molecule has 0 unspecified atom stereocenters. The first-order valence-corrected chi connectivity index (χ1v) is 9.69. The van der Waals surface area contributed by atoms with E-state index in [0.29, 0.717) is 41.7 Å². The van der Waals surface area contributed by atoms with Crippen LogP contribution in [0.3, 0.4) is 0 Å². The summed E-state index contributed by atoms with van der Waals surface area (Å²) in [6.45, 7) is 2.75. The molecule has 0 aliphatic rings. The predicted octanol–water partition coefficient (Wildman–Crippen LogP) is 3.65. The summed E-state index contributed by atoms with van der Waals surface area (Å²) in [4.78, 5) is 9.06. The minimum Gasteiger partial charge on any atom is -0.491 e. The lowest BCUT2D eigenvalue weighted by Crippen LogP contribution is -2.09. The number of aliphatic hydroxyl groups is 1. The molecule has 0 amide bonds. The highest BCUT2D eigenvalue weighted by molar-refractivity contribution is 5.91. The molecular weight excluding hydrogens is 401 g/mol. The number of hydrogen-bond acceptors (Lipinski definition) is 7. The number of benzene rings is 2. The van der Waals surface area contributed by atoms with Gasteiger partial charge in [0.1, 0.15) is 30.1 Å². The highest BCUT2D eigenvalue weighted by atomic mass is 19.1. The van der Waals surface area contributed by atoms with Gasteiger partial charge in [-0.15, -0.1) is 0 Å². The van der Waals surface area contributed by atoms with Gasteiger partial charge in [-0.05, 0) is 36.8 Å². The molecule has 8 nitrogen and oxygen atoms in total. The number of H-pyrrole nitrogens is 1. The molecule has 0 fully saturated rings. The highest BCUT2D eigenvalue weighted by Gasteiger charge is 2.18. The van der Waals surface area contributed by atoms with E-state index in [1.807, 2.05) is 25.1 Å². The monoisotopic (exact) mass is 423 g/mol. The molecule has 4 rings (SSSR count). The van der Waals surface area contributed by atoms with Crippen LogP contribution in [0.5, 0.6) is 5.75 Å². The first-order valence-electron chi connectivity index (χ1n) is 9.69. The van der Waals surface area contributed by atoms with Crippen LogP contribution in [0.25, 0.3) is 10.9 Å². The lowest BCUT2D eigenvalue weighted by Gasteiger charge is -2.14. The van der Waals surface area contributed by atoms with Gasteiger partial charge in [-0.1, -0.05) is 12.1 Å². The Kier molecular flexibility index (Phi) is 6.06. The van der Waals surface area contributed by atoms with E-state index in [1.54, 1.807) is 13.2 Å². The fourth-order valence-electron chi connectivity index (χ4n) is 3.08. The molecule has 4 aromatic rings. The molecule has 0 saturated heterocycles. The van der Waals surface area contributed by atoms with E-state index in [4.69, 9.17) is 9.47 Å². The van der Waals surface area contributed by atoms with Crippen LogP contribution in [0.1, 0.15) is 23.2 Å². The molecule has 0 bridgehead atoms. The van der Waals surface area contributed by atoms with Crippen LogP contribution in [0.15, 0.2) is 48.5 Å². The number of methoxy groups -OCH3 is 1. The second kappa shape index (κ2) is 9.07.